The summed E-state index contributed by atoms with van der Waals surface area (Å²) in [6.45, 7) is 1.88. The third kappa shape index (κ3) is 3.43. The molecule has 1 rings (SSSR count). The molecule has 0 aliphatic heterocycles. The Morgan fingerprint density at radius 3 is 2.50 bits per heavy atom. The van der Waals surface area contributed by atoms with E-state index in [9.17, 15) is 4.79 Å². The molecule has 0 heterocycles. The summed E-state index contributed by atoms with van der Waals surface area (Å²) < 4.78 is 0.778. The van der Waals surface area contributed by atoms with Gasteiger partial charge in [-0.25, -0.2) is 4.79 Å². The third-order valence-electron chi connectivity index (χ3n) is 1.35. The van der Waals surface area contributed by atoms with E-state index < -0.39 is 5.97 Å². The summed E-state index contributed by atoms with van der Waals surface area (Å²) in [5, 5.41) is 8.69. The van der Waals surface area contributed by atoms with Crippen LogP contribution in [0.4, 0.5) is 0 Å². The quantitative estimate of drug-likeness (QED) is 0.633. The molecule has 12 heavy (non-hydrogen) atoms. The monoisotopic (exact) mass is 302 g/mol. The van der Waals surface area contributed by atoms with Crippen molar-refractivity contribution in [2.75, 3.05) is 0 Å². The first kappa shape index (κ1) is 13.1. The average Bonchev–Trinajstić information content (AvgIpc) is 1.94. The van der Waals surface area contributed by atoms with Crippen LogP contribution in [0.25, 0.3) is 0 Å². The summed E-state index contributed by atoms with van der Waals surface area (Å²) in [7, 11) is 0. The Morgan fingerprint density at radius 1 is 1.50 bits per heavy atom. The maximum atomic E-state index is 10.6. The van der Waals surface area contributed by atoms with Crippen LogP contribution in [0.5, 0.6) is 0 Å². The molecule has 0 fully saturated rings. The molecule has 1 aromatic rings. The molecule has 0 radical (unpaired) electrons. The van der Waals surface area contributed by atoms with Gasteiger partial charge in [0.05, 0.1) is 5.56 Å². The Bertz CT molecular complexity index is 299. The van der Waals surface area contributed by atoms with Gasteiger partial charge in [0.1, 0.15) is 0 Å². The van der Waals surface area contributed by atoms with E-state index in [0.29, 0.717) is 5.56 Å². The van der Waals surface area contributed by atoms with Gasteiger partial charge in [0.15, 0.2) is 0 Å². The molecular formula is C8H8IKO2. The Hall–Kier alpha value is 1.06. The predicted molar refractivity (Wildman–Crippen MR) is 58.0 cm³/mol. The maximum absolute atomic E-state index is 10.6. The van der Waals surface area contributed by atoms with Crippen LogP contribution in [-0.4, -0.2) is 62.5 Å². The Labute approximate surface area is 127 Å². The molecule has 0 amide bonds. The standard InChI is InChI=1S/C8H7IO2.K.H/c1-5-2-3-7(9)6(4-5)8(10)11;;/h2-4H,1H3,(H,10,11);;. The molecule has 0 atom stereocenters. The molecule has 0 bridgehead atoms. The first-order chi connectivity index (χ1) is 5.11. The molecule has 1 aromatic carbocycles. The normalized spacial score (nSPS) is 8.83. The first-order valence-corrected chi connectivity index (χ1v) is 4.18. The summed E-state index contributed by atoms with van der Waals surface area (Å²) >= 11 is 2.01. The molecule has 0 saturated heterocycles. The summed E-state index contributed by atoms with van der Waals surface area (Å²) in [6, 6.07) is 5.37. The van der Waals surface area contributed by atoms with Crippen LogP contribution in [-0.2, 0) is 0 Å². The molecule has 0 aromatic heterocycles. The predicted octanol–water partition coefficient (Wildman–Crippen LogP) is 1.65. The van der Waals surface area contributed by atoms with E-state index in [1.807, 2.05) is 35.6 Å². The molecule has 4 heteroatoms. The summed E-state index contributed by atoms with van der Waals surface area (Å²) in [6.07, 6.45) is 0. The number of rotatable bonds is 1. The number of benzene rings is 1. The van der Waals surface area contributed by atoms with Crippen molar-refractivity contribution < 1.29 is 9.90 Å². The number of aromatic carboxylic acids is 1. The minimum absolute atomic E-state index is 0. The van der Waals surface area contributed by atoms with Gasteiger partial charge in [0.25, 0.3) is 0 Å². The SMILES string of the molecule is Cc1ccc(I)c(C(=O)O)c1.[KH]. The van der Waals surface area contributed by atoms with Gasteiger partial charge in [-0.05, 0) is 41.6 Å². The summed E-state index contributed by atoms with van der Waals surface area (Å²) in [5.74, 6) is -0.863. The average molecular weight is 302 g/mol. The van der Waals surface area contributed by atoms with Crippen molar-refractivity contribution in [3.8, 4) is 0 Å². The van der Waals surface area contributed by atoms with Crippen molar-refractivity contribution in [2.45, 2.75) is 6.92 Å². The topological polar surface area (TPSA) is 37.3 Å². The Morgan fingerprint density at radius 2 is 2.08 bits per heavy atom. The second-order valence-corrected chi connectivity index (χ2v) is 3.45. The van der Waals surface area contributed by atoms with Gasteiger partial charge in [-0.2, -0.15) is 0 Å². The van der Waals surface area contributed by atoms with E-state index in [4.69, 9.17) is 5.11 Å². The molecule has 0 aliphatic rings. The van der Waals surface area contributed by atoms with E-state index in [1.54, 1.807) is 12.1 Å². The fraction of sp³-hybridized carbons (Fsp3) is 0.125. The van der Waals surface area contributed by atoms with Crippen molar-refractivity contribution >= 4 is 79.9 Å². The molecule has 60 valence electrons. The number of halogens is 1. The summed E-state index contributed by atoms with van der Waals surface area (Å²) in [4.78, 5) is 10.6. The second kappa shape index (κ2) is 5.72. The third-order valence-corrected chi connectivity index (χ3v) is 2.29. The van der Waals surface area contributed by atoms with Gasteiger partial charge in [-0.15, -0.1) is 0 Å². The number of aryl methyl sites for hydroxylation is 1. The summed E-state index contributed by atoms with van der Waals surface area (Å²) in [5.41, 5.74) is 1.36. The Balaban J connectivity index is 0.00000121. The van der Waals surface area contributed by atoms with Crippen LogP contribution in [0, 0.1) is 10.5 Å². The fourth-order valence-corrected chi connectivity index (χ4v) is 1.37. The number of carbonyl (C=O) groups is 1. The van der Waals surface area contributed by atoms with Crippen molar-refractivity contribution in [1.29, 1.82) is 0 Å². The zero-order chi connectivity index (χ0) is 8.43. The van der Waals surface area contributed by atoms with Crippen LogP contribution in [0.15, 0.2) is 18.2 Å². The van der Waals surface area contributed by atoms with Crippen molar-refractivity contribution in [2.24, 2.45) is 0 Å². The van der Waals surface area contributed by atoms with E-state index in [2.05, 4.69) is 0 Å². The van der Waals surface area contributed by atoms with E-state index in [-0.39, 0.29) is 51.4 Å². The van der Waals surface area contributed by atoms with E-state index >= 15 is 0 Å². The molecule has 0 unspecified atom stereocenters. The zero-order valence-electron chi connectivity index (χ0n) is 5.97. The number of carboxylic acids is 1. The molecular weight excluding hydrogens is 294 g/mol. The second-order valence-electron chi connectivity index (χ2n) is 2.29. The van der Waals surface area contributed by atoms with Crippen molar-refractivity contribution in [1.82, 2.24) is 0 Å². The van der Waals surface area contributed by atoms with Crippen LogP contribution in [0.1, 0.15) is 15.9 Å². The Kier molecular flexibility index (Phi) is 6.22. The molecule has 1 N–H and O–H groups in total. The van der Waals surface area contributed by atoms with Crippen LogP contribution in [0.2, 0.25) is 0 Å². The molecule has 0 spiro atoms. The van der Waals surface area contributed by atoms with E-state index in [1.165, 1.54) is 0 Å². The van der Waals surface area contributed by atoms with Gasteiger partial charge in [-0.1, -0.05) is 11.6 Å². The fourth-order valence-electron chi connectivity index (χ4n) is 0.803. The zero-order valence-corrected chi connectivity index (χ0v) is 8.12. The van der Waals surface area contributed by atoms with Crippen molar-refractivity contribution in [3.63, 3.8) is 0 Å². The number of carboxylic acid groups (broad SMARTS) is 1. The van der Waals surface area contributed by atoms with Gasteiger partial charge in [0.2, 0.25) is 0 Å². The molecule has 0 aliphatic carbocycles. The molecule has 2 nitrogen and oxygen atoms in total. The minimum atomic E-state index is -0.863. The van der Waals surface area contributed by atoms with E-state index in [0.717, 1.165) is 9.13 Å². The van der Waals surface area contributed by atoms with Crippen LogP contribution in [0.3, 0.4) is 0 Å². The first-order valence-electron chi connectivity index (χ1n) is 3.10. The van der Waals surface area contributed by atoms with Crippen LogP contribution >= 0.6 is 22.6 Å². The van der Waals surface area contributed by atoms with Gasteiger partial charge in [-0.3, -0.25) is 0 Å². The number of hydrogen-bond acceptors (Lipinski definition) is 1. The van der Waals surface area contributed by atoms with Gasteiger partial charge >= 0.3 is 57.4 Å². The molecule has 0 saturated carbocycles. The number of hydrogen-bond donors (Lipinski definition) is 1. The van der Waals surface area contributed by atoms with Gasteiger partial charge < -0.3 is 5.11 Å². The van der Waals surface area contributed by atoms with Gasteiger partial charge in [0, 0.05) is 3.57 Å². The van der Waals surface area contributed by atoms with Crippen molar-refractivity contribution in [3.05, 3.63) is 32.9 Å². The van der Waals surface area contributed by atoms with Crippen LogP contribution < -0.4 is 0 Å².